The average molecular weight is 274 g/mol. The number of carbonyl (C=O) groups excluding carboxylic acids is 1. The second kappa shape index (κ2) is 5.29. The summed E-state index contributed by atoms with van der Waals surface area (Å²) < 4.78 is 0. The van der Waals surface area contributed by atoms with Crippen LogP contribution in [0.2, 0.25) is 0 Å². The van der Waals surface area contributed by atoms with E-state index in [4.69, 9.17) is 0 Å². The maximum atomic E-state index is 12.1. The number of benzene rings is 1. The maximum absolute atomic E-state index is 12.1. The van der Waals surface area contributed by atoms with Crippen LogP contribution in [0.25, 0.3) is 10.9 Å². The van der Waals surface area contributed by atoms with Gasteiger partial charge in [0.05, 0.1) is 5.60 Å². The molecule has 4 nitrogen and oxygen atoms in total. The van der Waals surface area contributed by atoms with Crippen LogP contribution >= 0.6 is 0 Å². The summed E-state index contributed by atoms with van der Waals surface area (Å²) in [7, 11) is 0. The van der Waals surface area contributed by atoms with Crippen molar-refractivity contribution in [3.05, 3.63) is 35.5 Å². The van der Waals surface area contributed by atoms with Crippen LogP contribution in [-0.4, -0.2) is 28.1 Å². The second-order valence-corrected chi connectivity index (χ2v) is 5.97. The first-order valence-corrected chi connectivity index (χ1v) is 6.89. The third kappa shape index (κ3) is 3.02. The molecule has 0 radical (unpaired) electrons. The van der Waals surface area contributed by atoms with Gasteiger partial charge in [-0.05, 0) is 37.5 Å². The Morgan fingerprint density at radius 2 is 2.10 bits per heavy atom. The van der Waals surface area contributed by atoms with Gasteiger partial charge >= 0.3 is 0 Å². The Balaban J connectivity index is 2.12. The van der Waals surface area contributed by atoms with Gasteiger partial charge < -0.3 is 15.4 Å². The quantitative estimate of drug-likeness (QED) is 0.802. The molecule has 4 heteroatoms. The van der Waals surface area contributed by atoms with Gasteiger partial charge in [0.1, 0.15) is 5.69 Å². The van der Waals surface area contributed by atoms with Crippen LogP contribution in [0, 0.1) is 12.8 Å². The molecule has 1 aromatic heterocycles. The summed E-state index contributed by atoms with van der Waals surface area (Å²) in [5.74, 6) is -0.118. The van der Waals surface area contributed by atoms with Crippen molar-refractivity contribution in [2.75, 3.05) is 6.54 Å². The zero-order valence-corrected chi connectivity index (χ0v) is 12.4. The summed E-state index contributed by atoms with van der Waals surface area (Å²) >= 11 is 0. The molecule has 0 aliphatic carbocycles. The minimum atomic E-state index is -0.905. The van der Waals surface area contributed by atoms with Crippen LogP contribution < -0.4 is 5.32 Å². The highest BCUT2D eigenvalue weighted by Gasteiger charge is 2.25. The highest BCUT2D eigenvalue weighted by Crippen LogP contribution is 2.18. The van der Waals surface area contributed by atoms with Gasteiger partial charge in [0.2, 0.25) is 0 Å². The molecule has 0 aliphatic rings. The molecule has 0 spiro atoms. The number of aliphatic hydroxyl groups is 1. The number of hydrogen-bond acceptors (Lipinski definition) is 2. The fourth-order valence-corrected chi connectivity index (χ4v) is 1.92. The van der Waals surface area contributed by atoms with Crippen LogP contribution in [0.1, 0.15) is 36.8 Å². The minimum Gasteiger partial charge on any atom is -0.388 e. The van der Waals surface area contributed by atoms with Gasteiger partial charge in [0.15, 0.2) is 0 Å². The lowest BCUT2D eigenvalue weighted by molar-refractivity contribution is 0.0142. The van der Waals surface area contributed by atoms with E-state index in [1.54, 1.807) is 6.92 Å². The number of rotatable bonds is 4. The van der Waals surface area contributed by atoms with E-state index in [0.29, 0.717) is 5.69 Å². The standard InChI is InChI=1S/C16H22N2O2/c1-10(2)16(4,20)9-17-15(19)14-8-12-6-5-11(3)7-13(12)18-14/h5-8,10,18,20H,9H2,1-4H3,(H,17,19). The van der Waals surface area contributed by atoms with Gasteiger partial charge in [-0.1, -0.05) is 26.0 Å². The molecule has 1 amide bonds. The molecule has 0 saturated heterocycles. The Bertz CT molecular complexity index is 626. The Kier molecular flexibility index (Phi) is 3.86. The number of hydrogen-bond donors (Lipinski definition) is 3. The van der Waals surface area contributed by atoms with Gasteiger partial charge in [-0.3, -0.25) is 4.79 Å². The van der Waals surface area contributed by atoms with Crippen LogP contribution in [0.3, 0.4) is 0 Å². The first-order valence-electron chi connectivity index (χ1n) is 6.89. The molecule has 1 atom stereocenters. The molecular weight excluding hydrogens is 252 g/mol. The van der Waals surface area contributed by atoms with Crippen molar-refractivity contribution in [2.45, 2.75) is 33.3 Å². The topological polar surface area (TPSA) is 65.1 Å². The number of nitrogens with one attached hydrogen (secondary N) is 2. The van der Waals surface area contributed by atoms with Crippen molar-refractivity contribution >= 4 is 16.8 Å². The summed E-state index contributed by atoms with van der Waals surface area (Å²) in [5.41, 5.74) is 1.71. The van der Waals surface area contributed by atoms with E-state index in [-0.39, 0.29) is 18.4 Å². The predicted molar refractivity (Wildman–Crippen MR) is 80.8 cm³/mol. The van der Waals surface area contributed by atoms with E-state index >= 15 is 0 Å². The lowest BCUT2D eigenvalue weighted by Crippen LogP contribution is -2.44. The first kappa shape index (κ1) is 14.6. The molecule has 1 unspecified atom stereocenters. The molecule has 0 bridgehead atoms. The van der Waals surface area contributed by atoms with E-state index in [0.717, 1.165) is 16.5 Å². The highest BCUT2D eigenvalue weighted by molar-refractivity contribution is 5.98. The lowest BCUT2D eigenvalue weighted by atomic mass is 9.92. The third-order valence-corrected chi connectivity index (χ3v) is 3.87. The fraction of sp³-hybridized carbons (Fsp3) is 0.438. The van der Waals surface area contributed by atoms with Crippen molar-refractivity contribution < 1.29 is 9.90 Å². The third-order valence-electron chi connectivity index (χ3n) is 3.87. The SMILES string of the molecule is Cc1ccc2cc(C(=O)NCC(C)(O)C(C)C)[nH]c2c1. The normalized spacial score (nSPS) is 14.5. The van der Waals surface area contributed by atoms with E-state index in [1.807, 2.05) is 45.0 Å². The number of H-pyrrole nitrogens is 1. The lowest BCUT2D eigenvalue weighted by Gasteiger charge is -2.27. The highest BCUT2D eigenvalue weighted by atomic mass is 16.3. The molecule has 0 aliphatic heterocycles. The monoisotopic (exact) mass is 274 g/mol. The van der Waals surface area contributed by atoms with Gasteiger partial charge in [-0.25, -0.2) is 0 Å². The predicted octanol–water partition coefficient (Wildman–Crippen LogP) is 2.61. The maximum Gasteiger partial charge on any atom is 0.267 e. The van der Waals surface area contributed by atoms with E-state index < -0.39 is 5.60 Å². The van der Waals surface area contributed by atoms with E-state index in [1.165, 1.54) is 0 Å². The van der Waals surface area contributed by atoms with Crippen LogP contribution in [-0.2, 0) is 0 Å². The van der Waals surface area contributed by atoms with Crippen LogP contribution in [0.4, 0.5) is 0 Å². The molecule has 1 aromatic carbocycles. The Morgan fingerprint density at radius 1 is 1.40 bits per heavy atom. The zero-order chi connectivity index (χ0) is 14.9. The molecule has 0 fully saturated rings. The molecule has 108 valence electrons. The number of aryl methyl sites for hydroxylation is 1. The molecular formula is C16H22N2O2. The zero-order valence-electron chi connectivity index (χ0n) is 12.4. The van der Waals surface area contributed by atoms with Gasteiger partial charge in [0, 0.05) is 17.4 Å². The van der Waals surface area contributed by atoms with Crippen molar-refractivity contribution in [3.63, 3.8) is 0 Å². The molecule has 1 heterocycles. The first-order chi connectivity index (χ1) is 9.29. The van der Waals surface area contributed by atoms with Crippen molar-refractivity contribution in [3.8, 4) is 0 Å². The molecule has 20 heavy (non-hydrogen) atoms. The summed E-state index contributed by atoms with van der Waals surface area (Å²) in [6, 6.07) is 7.84. The molecule has 0 saturated carbocycles. The second-order valence-electron chi connectivity index (χ2n) is 5.97. The van der Waals surface area contributed by atoms with Gasteiger partial charge in [0.25, 0.3) is 5.91 Å². The summed E-state index contributed by atoms with van der Waals surface area (Å²) in [4.78, 5) is 15.2. The largest absolute Gasteiger partial charge is 0.388 e. The van der Waals surface area contributed by atoms with Crippen molar-refractivity contribution in [1.29, 1.82) is 0 Å². The summed E-state index contributed by atoms with van der Waals surface area (Å²) in [5, 5.41) is 13.9. The molecule has 2 rings (SSSR count). The molecule has 3 N–H and O–H groups in total. The van der Waals surface area contributed by atoms with Crippen molar-refractivity contribution in [2.24, 2.45) is 5.92 Å². The average Bonchev–Trinajstić information content (AvgIpc) is 2.78. The Morgan fingerprint density at radius 3 is 2.75 bits per heavy atom. The number of amides is 1. The van der Waals surface area contributed by atoms with E-state index in [9.17, 15) is 9.90 Å². The Hall–Kier alpha value is -1.81. The van der Waals surface area contributed by atoms with Crippen LogP contribution in [0.15, 0.2) is 24.3 Å². The fourth-order valence-electron chi connectivity index (χ4n) is 1.92. The number of fused-ring (bicyclic) bond motifs is 1. The summed E-state index contributed by atoms with van der Waals surface area (Å²) in [6.45, 7) is 7.83. The van der Waals surface area contributed by atoms with Gasteiger partial charge in [-0.2, -0.15) is 0 Å². The summed E-state index contributed by atoms with van der Waals surface area (Å²) in [6.07, 6.45) is 0. The Labute approximate surface area is 119 Å². The van der Waals surface area contributed by atoms with E-state index in [2.05, 4.69) is 10.3 Å². The minimum absolute atomic E-state index is 0.0770. The smallest absolute Gasteiger partial charge is 0.267 e. The van der Waals surface area contributed by atoms with Gasteiger partial charge in [-0.15, -0.1) is 0 Å². The van der Waals surface area contributed by atoms with Crippen LogP contribution in [0.5, 0.6) is 0 Å². The number of aromatic nitrogens is 1. The number of carbonyl (C=O) groups is 1. The number of aromatic amines is 1. The molecule has 2 aromatic rings. The van der Waals surface area contributed by atoms with Crippen molar-refractivity contribution in [1.82, 2.24) is 10.3 Å².